The molecule has 1 aromatic rings. The molecular weight excluding hydrogens is 272 g/mol. The van der Waals surface area contributed by atoms with Crippen molar-refractivity contribution < 1.29 is 0 Å². The minimum absolute atomic E-state index is 0.218. The van der Waals surface area contributed by atoms with Crippen molar-refractivity contribution in [2.24, 2.45) is 0 Å². The Morgan fingerprint density at radius 3 is 2.94 bits per heavy atom. The topological polar surface area (TPSA) is 61.0 Å². The summed E-state index contributed by atoms with van der Waals surface area (Å²) in [5.74, 6) is 0. The Labute approximate surface area is 103 Å². The molecule has 0 fully saturated rings. The van der Waals surface area contributed by atoms with Gasteiger partial charge in [-0.3, -0.25) is 4.79 Å². The average Bonchev–Trinajstić information content (AvgIpc) is 2.22. The highest BCUT2D eigenvalue weighted by Crippen LogP contribution is 2.16. The first kappa shape index (κ1) is 13.2. The van der Waals surface area contributed by atoms with Crippen molar-refractivity contribution in [3.63, 3.8) is 0 Å². The molecule has 0 aliphatic rings. The van der Waals surface area contributed by atoms with Gasteiger partial charge in [-0.25, -0.2) is 5.10 Å². The quantitative estimate of drug-likeness (QED) is 0.857. The summed E-state index contributed by atoms with van der Waals surface area (Å²) in [7, 11) is 4.08. The van der Waals surface area contributed by atoms with Crippen LogP contribution in [-0.2, 0) is 0 Å². The molecule has 0 saturated heterocycles. The first-order valence-electron chi connectivity index (χ1n) is 5.15. The molecule has 1 rings (SSSR count). The van der Waals surface area contributed by atoms with Crippen LogP contribution < -0.4 is 10.9 Å². The Morgan fingerprint density at radius 1 is 1.62 bits per heavy atom. The maximum absolute atomic E-state index is 11.3. The third kappa shape index (κ3) is 3.94. The van der Waals surface area contributed by atoms with Crippen molar-refractivity contribution in [1.82, 2.24) is 15.1 Å². The Balaban J connectivity index is 2.59. The van der Waals surface area contributed by atoms with Gasteiger partial charge < -0.3 is 10.2 Å². The number of H-pyrrole nitrogens is 1. The van der Waals surface area contributed by atoms with E-state index in [1.54, 1.807) is 6.20 Å². The molecule has 0 aliphatic heterocycles. The maximum atomic E-state index is 11.3. The van der Waals surface area contributed by atoms with Gasteiger partial charge in [-0.15, -0.1) is 0 Å². The second-order valence-electron chi connectivity index (χ2n) is 4.06. The van der Waals surface area contributed by atoms with E-state index in [2.05, 4.69) is 43.3 Å². The van der Waals surface area contributed by atoms with Crippen molar-refractivity contribution in [3.05, 3.63) is 21.0 Å². The van der Waals surface area contributed by atoms with Crippen LogP contribution >= 0.6 is 15.9 Å². The lowest BCUT2D eigenvalue weighted by Crippen LogP contribution is -2.24. The van der Waals surface area contributed by atoms with E-state index in [0.717, 1.165) is 18.7 Å². The summed E-state index contributed by atoms with van der Waals surface area (Å²) in [6, 6.07) is 0.294. The van der Waals surface area contributed by atoms with Gasteiger partial charge in [0.05, 0.1) is 11.9 Å². The van der Waals surface area contributed by atoms with Crippen molar-refractivity contribution in [2.75, 3.05) is 26.0 Å². The molecule has 0 amide bonds. The molecular formula is C10H17BrN4O. The van der Waals surface area contributed by atoms with Crippen LogP contribution in [0.1, 0.15) is 13.3 Å². The van der Waals surface area contributed by atoms with Crippen molar-refractivity contribution in [2.45, 2.75) is 19.4 Å². The summed E-state index contributed by atoms with van der Waals surface area (Å²) in [5.41, 5.74) is 0.514. The molecule has 0 saturated carbocycles. The smallest absolute Gasteiger partial charge is 0.280 e. The standard InChI is InChI=1S/C10H17BrN4O/c1-7(4-5-15(2)3)13-8-6-12-14-10(16)9(8)11/h6-7H,4-5H2,1-3H3,(H2,13,14,16). The lowest BCUT2D eigenvalue weighted by atomic mass is 10.2. The van der Waals surface area contributed by atoms with E-state index in [4.69, 9.17) is 0 Å². The summed E-state index contributed by atoms with van der Waals surface area (Å²) in [6.07, 6.45) is 2.61. The van der Waals surface area contributed by atoms with Crippen LogP contribution in [0.15, 0.2) is 15.5 Å². The molecule has 0 bridgehead atoms. The fourth-order valence-electron chi connectivity index (χ4n) is 1.27. The van der Waals surface area contributed by atoms with E-state index in [0.29, 0.717) is 10.5 Å². The number of rotatable bonds is 5. The van der Waals surface area contributed by atoms with Gasteiger partial charge >= 0.3 is 0 Å². The normalized spacial score (nSPS) is 12.8. The molecule has 1 aromatic heterocycles. The summed E-state index contributed by atoms with van der Waals surface area (Å²) < 4.78 is 0.499. The number of nitrogens with one attached hydrogen (secondary N) is 2. The van der Waals surface area contributed by atoms with Crippen LogP contribution in [0.25, 0.3) is 0 Å². The lowest BCUT2D eigenvalue weighted by Gasteiger charge is -2.17. The zero-order valence-corrected chi connectivity index (χ0v) is 11.3. The predicted octanol–water partition coefficient (Wildman–Crippen LogP) is 1.28. The van der Waals surface area contributed by atoms with Crippen LogP contribution in [0.3, 0.4) is 0 Å². The summed E-state index contributed by atoms with van der Waals surface area (Å²) >= 11 is 3.23. The minimum Gasteiger partial charge on any atom is -0.380 e. The molecule has 1 unspecified atom stereocenters. The van der Waals surface area contributed by atoms with Crippen LogP contribution in [0, 0.1) is 0 Å². The van der Waals surface area contributed by atoms with E-state index >= 15 is 0 Å². The maximum Gasteiger partial charge on any atom is 0.280 e. The molecule has 0 radical (unpaired) electrons. The van der Waals surface area contributed by atoms with Crippen LogP contribution in [-0.4, -0.2) is 41.8 Å². The fourth-order valence-corrected chi connectivity index (χ4v) is 1.58. The number of hydrogen-bond donors (Lipinski definition) is 2. The second kappa shape index (κ2) is 6.00. The molecule has 5 nitrogen and oxygen atoms in total. The molecule has 90 valence electrons. The number of aromatic nitrogens is 2. The highest BCUT2D eigenvalue weighted by molar-refractivity contribution is 9.10. The Hall–Kier alpha value is -0.880. The third-order valence-electron chi connectivity index (χ3n) is 2.21. The fraction of sp³-hybridized carbons (Fsp3) is 0.600. The largest absolute Gasteiger partial charge is 0.380 e. The Kier molecular flexibility index (Phi) is 4.95. The monoisotopic (exact) mass is 288 g/mol. The summed E-state index contributed by atoms with van der Waals surface area (Å²) in [6.45, 7) is 3.08. The predicted molar refractivity (Wildman–Crippen MR) is 68.8 cm³/mol. The second-order valence-corrected chi connectivity index (χ2v) is 4.86. The molecule has 1 heterocycles. The van der Waals surface area contributed by atoms with Gasteiger partial charge in [0.1, 0.15) is 4.47 Å². The zero-order chi connectivity index (χ0) is 12.1. The van der Waals surface area contributed by atoms with Gasteiger partial charge in [-0.1, -0.05) is 0 Å². The SMILES string of the molecule is CC(CCN(C)C)Nc1cn[nH]c(=O)c1Br. The molecule has 0 aromatic carbocycles. The molecule has 16 heavy (non-hydrogen) atoms. The number of hydrogen-bond acceptors (Lipinski definition) is 4. The molecule has 6 heteroatoms. The number of anilines is 1. The van der Waals surface area contributed by atoms with Crippen LogP contribution in [0.4, 0.5) is 5.69 Å². The first-order valence-corrected chi connectivity index (χ1v) is 5.94. The molecule has 1 atom stereocenters. The highest BCUT2D eigenvalue weighted by Gasteiger charge is 2.08. The third-order valence-corrected chi connectivity index (χ3v) is 2.99. The van der Waals surface area contributed by atoms with Gasteiger partial charge in [0, 0.05) is 6.04 Å². The average molecular weight is 289 g/mol. The van der Waals surface area contributed by atoms with E-state index in [1.807, 2.05) is 14.1 Å². The van der Waals surface area contributed by atoms with Crippen LogP contribution in [0.5, 0.6) is 0 Å². The van der Waals surface area contributed by atoms with Gasteiger partial charge in [0.25, 0.3) is 5.56 Å². The molecule has 0 spiro atoms. The number of aromatic amines is 1. The van der Waals surface area contributed by atoms with E-state index < -0.39 is 0 Å². The van der Waals surface area contributed by atoms with Gasteiger partial charge in [0.2, 0.25) is 0 Å². The minimum atomic E-state index is -0.218. The zero-order valence-electron chi connectivity index (χ0n) is 9.75. The Morgan fingerprint density at radius 2 is 2.31 bits per heavy atom. The van der Waals surface area contributed by atoms with Crippen molar-refractivity contribution in [3.8, 4) is 0 Å². The van der Waals surface area contributed by atoms with Crippen LogP contribution in [0.2, 0.25) is 0 Å². The van der Waals surface area contributed by atoms with E-state index in [-0.39, 0.29) is 5.56 Å². The Bertz CT molecular complexity index is 391. The first-order chi connectivity index (χ1) is 7.50. The van der Waals surface area contributed by atoms with E-state index in [1.165, 1.54) is 0 Å². The molecule has 0 aliphatic carbocycles. The highest BCUT2D eigenvalue weighted by atomic mass is 79.9. The van der Waals surface area contributed by atoms with E-state index in [9.17, 15) is 4.79 Å². The lowest BCUT2D eigenvalue weighted by molar-refractivity contribution is 0.390. The van der Waals surface area contributed by atoms with Gasteiger partial charge in [-0.05, 0) is 49.9 Å². The van der Waals surface area contributed by atoms with Gasteiger partial charge in [-0.2, -0.15) is 5.10 Å². The molecule has 2 N–H and O–H groups in total. The van der Waals surface area contributed by atoms with Gasteiger partial charge in [0.15, 0.2) is 0 Å². The van der Waals surface area contributed by atoms with Crippen molar-refractivity contribution >= 4 is 21.6 Å². The number of halogens is 1. The summed E-state index contributed by atoms with van der Waals surface area (Å²) in [4.78, 5) is 13.4. The van der Waals surface area contributed by atoms with Crippen molar-refractivity contribution in [1.29, 1.82) is 0 Å². The number of nitrogens with zero attached hydrogens (tertiary/aromatic N) is 2. The summed E-state index contributed by atoms with van der Waals surface area (Å²) in [5, 5.41) is 9.37.